The molecule has 0 spiro atoms. The number of hydrogen-bond acceptors (Lipinski definition) is 15. The van der Waals surface area contributed by atoms with Crippen molar-refractivity contribution in [1.82, 2.24) is 0 Å². The fourth-order valence-electron chi connectivity index (χ4n) is 7.28. The average Bonchev–Trinajstić information content (AvgIpc) is 3.50. The van der Waals surface area contributed by atoms with Gasteiger partial charge in [0.2, 0.25) is 11.5 Å². The van der Waals surface area contributed by atoms with Crippen LogP contribution >= 0.6 is 23.5 Å². The van der Waals surface area contributed by atoms with Gasteiger partial charge in [-0.1, -0.05) is 194 Å². The highest BCUT2D eigenvalue weighted by Gasteiger charge is 2.38. The lowest BCUT2D eigenvalue weighted by atomic mass is 10.1. The Kier molecular flexibility index (Phi) is 20.1. The first kappa shape index (κ1) is 56.0. The minimum absolute atomic E-state index is 0.0000905. The zero-order chi connectivity index (χ0) is 53.8. The van der Waals surface area contributed by atoms with Gasteiger partial charge in [0.25, 0.3) is 0 Å². The van der Waals surface area contributed by atoms with E-state index in [0.29, 0.717) is 27.8 Å². The normalized spacial score (nSPS) is 11.8. The molecule has 0 aromatic heterocycles. The van der Waals surface area contributed by atoms with Gasteiger partial charge < -0.3 is 27.8 Å². The summed E-state index contributed by atoms with van der Waals surface area (Å²) in [6.45, 7) is -0.918. The van der Waals surface area contributed by atoms with Crippen molar-refractivity contribution >= 4 is 35.6 Å². The smallest absolute Gasteiger partial charge is 0.493 e. The van der Waals surface area contributed by atoms with Crippen LogP contribution in [0.1, 0.15) is 44.5 Å². The second-order valence-corrected chi connectivity index (χ2v) is 21.6. The summed E-state index contributed by atoms with van der Waals surface area (Å²) < 4.78 is 118. The summed E-state index contributed by atoms with van der Waals surface area (Å²) in [5, 5.41) is 0. The summed E-state index contributed by atoms with van der Waals surface area (Å²) >= 11 is 0. The monoisotopic (exact) mass is 1100 g/mol. The predicted molar refractivity (Wildman–Crippen MR) is 294 cm³/mol. The SMILES string of the molecule is COc1cc(/C=C/c2ccc(OC)c(OP(=O)(OCc3ccccc3)OCc3ccccc3)c2OP(=O)(OCc2ccccc2)OCc2ccccc2)cc(OC)c1OP(=O)(OCc1ccccc1)OCc1ccccc1. The molecule has 18 heteroatoms. The molecule has 398 valence electrons. The van der Waals surface area contributed by atoms with E-state index in [0.717, 1.165) is 11.1 Å². The molecule has 0 bridgehead atoms. The second-order valence-electron chi connectivity index (χ2n) is 16.8. The molecule has 0 unspecified atom stereocenters. The van der Waals surface area contributed by atoms with Gasteiger partial charge in [0.15, 0.2) is 23.0 Å². The van der Waals surface area contributed by atoms with E-state index in [9.17, 15) is 4.57 Å². The molecule has 0 heterocycles. The van der Waals surface area contributed by atoms with E-state index >= 15 is 9.13 Å². The van der Waals surface area contributed by atoms with Crippen LogP contribution in [0.4, 0.5) is 0 Å². The van der Waals surface area contributed by atoms with E-state index in [1.807, 2.05) is 133 Å². The third-order valence-electron chi connectivity index (χ3n) is 11.3. The summed E-state index contributed by atoms with van der Waals surface area (Å²) in [6.07, 6.45) is 3.26. The molecule has 0 atom stereocenters. The molecular formula is C59H57O15P3. The van der Waals surface area contributed by atoms with Crippen LogP contribution in [0.5, 0.6) is 34.5 Å². The van der Waals surface area contributed by atoms with E-state index in [2.05, 4.69) is 0 Å². The summed E-state index contributed by atoms with van der Waals surface area (Å²) in [5.74, 6) is -0.443. The Bertz CT molecular complexity index is 3110. The number of methoxy groups -OCH3 is 3. The Morgan fingerprint density at radius 1 is 0.312 bits per heavy atom. The Labute approximate surface area is 448 Å². The number of benzene rings is 8. The van der Waals surface area contributed by atoms with Gasteiger partial charge in [0.1, 0.15) is 0 Å². The lowest BCUT2D eigenvalue weighted by molar-refractivity contribution is 0.133. The standard InChI is InChI=1S/C59H57O15P3/c1-63-54-37-36-53(35-34-52-38-55(64-2)58(56(39-52)65-3)73-76(61,68-42-48-26-14-6-15-27-48)69-43-49-28-16-7-17-29-49)57(72-75(60,66-40-46-22-10-4-11-23-46)67-41-47-24-12-5-13-25-47)59(54)74-77(62,70-44-50-30-18-8-19-31-50)71-45-51-32-20-9-21-33-51/h4-39H,40-45H2,1-3H3/b35-34+. The van der Waals surface area contributed by atoms with E-state index < -0.39 is 23.5 Å². The Morgan fingerprint density at radius 3 is 0.870 bits per heavy atom. The quantitative estimate of drug-likeness (QED) is 0.0321. The molecule has 0 saturated heterocycles. The van der Waals surface area contributed by atoms with Crippen LogP contribution in [-0.2, 0) is 80.5 Å². The molecule has 0 aliphatic carbocycles. The van der Waals surface area contributed by atoms with Crippen LogP contribution in [0.3, 0.4) is 0 Å². The third-order valence-corrected chi connectivity index (χ3v) is 15.2. The van der Waals surface area contributed by atoms with Gasteiger partial charge in [0, 0.05) is 5.56 Å². The largest absolute Gasteiger partial charge is 0.530 e. The van der Waals surface area contributed by atoms with Gasteiger partial charge in [-0.15, -0.1) is 0 Å². The number of phosphoric acid groups is 3. The predicted octanol–water partition coefficient (Wildman–Crippen LogP) is 15.6. The van der Waals surface area contributed by atoms with Crippen LogP contribution in [0, 0.1) is 0 Å². The first-order chi connectivity index (χ1) is 37.5. The molecule has 0 N–H and O–H groups in total. The highest BCUT2D eigenvalue weighted by atomic mass is 31.2. The highest BCUT2D eigenvalue weighted by Crippen LogP contribution is 2.61. The van der Waals surface area contributed by atoms with Crippen molar-refractivity contribution in [1.29, 1.82) is 0 Å². The lowest BCUT2D eigenvalue weighted by Crippen LogP contribution is -2.08. The van der Waals surface area contributed by atoms with E-state index in [1.54, 1.807) is 84.9 Å². The number of ether oxygens (including phenoxy) is 3. The van der Waals surface area contributed by atoms with Crippen molar-refractivity contribution in [3.05, 3.63) is 251 Å². The summed E-state index contributed by atoms with van der Waals surface area (Å²) in [5.41, 5.74) is 4.84. The first-order valence-electron chi connectivity index (χ1n) is 24.2. The maximum absolute atomic E-state index is 15.3. The molecule has 0 radical (unpaired) electrons. The average molecular weight is 1100 g/mol. The minimum Gasteiger partial charge on any atom is -0.493 e. The number of phosphoric ester groups is 3. The van der Waals surface area contributed by atoms with Gasteiger partial charge >= 0.3 is 23.5 Å². The molecule has 0 amide bonds. The molecule has 15 nitrogen and oxygen atoms in total. The summed E-state index contributed by atoms with van der Waals surface area (Å²) in [7, 11) is -9.56. The van der Waals surface area contributed by atoms with Crippen LogP contribution in [0.2, 0.25) is 0 Å². The van der Waals surface area contributed by atoms with E-state index in [1.165, 1.54) is 21.3 Å². The van der Waals surface area contributed by atoms with E-state index in [-0.39, 0.29) is 79.7 Å². The van der Waals surface area contributed by atoms with Gasteiger partial charge in [-0.05, 0) is 63.2 Å². The van der Waals surface area contributed by atoms with Crippen molar-refractivity contribution in [2.24, 2.45) is 0 Å². The minimum atomic E-state index is -4.69. The highest BCUT2D eigenvalue weighted by molar-refractivity contribution is 7.49. The Balaban J connectivity index is 1.19. The Hall–Kier alpha value is -7.25. The first-order valence-corrected chi connectivity index (χ1v) is 28.6. The molecule has 8 rings (SSSR count). The molecular weight excluding hydrogens is 1040 g/mol. The van der Waals surface area contributed by atoms with Gasteiger partial charge in [-0.25, -0.2) is 13.7 Å². The van der Waals surface area contributed by atoms with Gasteiger partial charge in [0.05, 0.1) is 61.0 Å². The molecule has 0 aliphatic rings. The van der Waals surface area contributed by atoms with Crippen LogP contribution in [-0.4, -0.2) is 21.3 Å². The zero-order valence-corrected chi connectivity index (χ0v) is 45.2. The van der Waals surface area contributed by atoms with Crippen molar-refractivity contribution in [2.45, 2.75) is 39.6 Å². The fourth-order valence-corrected chi connectivity index (χ4v) is 10.9. The van der Waals surface area contributed by atoms with Crippen LogP contribution < -0.4 is 27.8 Å². The fraction of sp³-hybridized carbons (Fsp3) is 0.153. The molecule has 0 fully saturated rings. The van der Waals surface area contributed by atoms with Crippen LogP contribution in [0.25, 0.3) is 12.2 Å². The number of hydrogen-bond donors (Lipinski definition) is 0. The van der Waals surface area contributed by atoms with E-state index in [4.69, 9.17) is 54.9 Å². The number of rotatable bonds is 29. The second kappa shape index (κ2) is 27.7. The Morgan fingerprint density at radius 2 is 0.584 bits per heavy atom. The molecule has 8 aromatic rings. The maximum Gasteiger partial charge on any atom is 0.530 e. The van der Waals surface area contributed by atoms with Gasteiger partial charge in [-0.3, -0.25) is 27.1 Å². The molecule has 8 aromatic carbocycles. The van der Waals surface area contributed by atoms with Crippen molar-refractivity contribution in [3.8, 4) is 34.5 Å². The van der Waals surface area contributed by atoms with Crippen molar-refractivity contribution in [3.63, 3.8) is 0 Å². The topological polar surface area (TPSA) is 162 Å². The van der Waals surface area contributed by atoms with Gasteiger partial charge in [-0.2, -0.15) is 0 Å². The zero-order valence-electron chi connectivity index (χ0n) is 42.5. The maximum atomic E-state index is 15.3. The molecule has 77 heavy (non-hydrogen) atoms. The third kappa shape index (κ3) is 16.6. The van der Waals surface area contributed by atoms with Crippen LogP contribution in [0.15, 0.2) is 206 Å². The lowest BCUT2D eigenvalue weighted by Gasteiger charge is -2.25. The van der Waals surface area contributed by atoms with Crippen molar-refractivity contribution < 1.29 is 68.6 Å². The molecule has 0 saturated carbocycles. The summed E-state index contributed by atoms with van der Waals surface area (Å²) in [6, 6.07) is 61.0. The molecule has 0 aliphatic heterocycles. The van der Waals surface area contributed by atoms with Crippen molar-refractivity contribution in [2.75, 3.05) is 21.3 Å². The summed E-state index contributed by atoms with van der Waals surface area (Å²) in [4.78, 5) is 0.